The van der Waals surface area contributed by atoms with E-state index in [-0.39, 0.29) is 0 Å². The molecule has 0 fully saturated rings. The highest BCUT2D eigenvalue weighted by molar-refractivity contribution is 7.99. The Hall–Kier alpha value is -7.65. The molecule has 9 aromatic carbocycles. The van der Waals surface area contributed by atoms with E-state index < -0.39 is 5.41 Å². The second-order valence-electron chi connectivity index (χ2n) is 16.4. The fourth-order valence-corrected chi connectivity index (χ4v) is 11.8. The summed E-state index contributed by atoms with van der Waals surface area (Å²) in [7, 11) is 0. The van der Waals surface area contributed by atoms with Gasteiger partial charge >= 0.3 is 0 Å². The van der Waals surface area contributed by atoms with Crippen molar-refractivity contribution in [3.8, 4) is 27.9 Å². The molecule has 0 unspecified atom stereocenters. The highest BCUT2D eigenvalue weighted by atomic mass is 32.2. The molecule has 2 heterocycles. The number of rotatable bonds is 5. The first-order valence-electron chi connectivity index (χ1n) is 21.6. The summed E-state index contributed by atoms with van der Waals surface area (Å²) in [6.45, 7) is 8.27. The lowest BCUT2D eigenvalue weighted by Gasteiger charge is -2.39. The third-order valence-electron chi connectivity index (χ3n) is 13.2. The average Bonchev–Trinajstić information content (AvgIpc) is 3.66. The Kier molecular flexibility index (Phi) is 8.71. The summed E-state index contributed by atoms with van der Waals surface area (Å²) in [5.41, 5.74) is 15.1. The van der Waals surface area contributed by atoms with E-state index in [1.807, 2.05) is 30.0 Å². The summed E-state index contributed by atoms with van der Waals surface area (Å²) in [6, 6.07) is 76.9. The fraction of sp³-hybridized carbons (Fsp3) is 0.0164. The van der Waals surface area contributed by atoms with Gasteiger partial charge < -0.3 is 4.57 Å². The predicted octanol–water partition coefficient (Wildman–Crippen LogP) is 16.5. The topological polar surface area (TPSA) is 4.93 Å². The maximum atomic E-state index is 4.22. The van der Waals surface area contributed by atoms with Crippen LogP contribution in [0.15, 0.2) is 247 Å². The van der Waals surface area contributed by atoms with Gasteiger partial charge in [0.25, 0.3) is 0 Å². The van der Waals surface area contributed by atoms with Crippen LogP contribution in [-0.2, 0) is 5.41 Å². The molecule has 2 heteroatoms. The first kappa shape index (κ1) is 37.1. The van der Waals surface area contributed by atoms with Crippen LogP contribution in [0.4, 0.5) is 0 Å². The Labute approximate surface area is 372 Å². The summed E-state index contributed by atoms with van der Waals surface area (Å²) in [4.78, 5) is 2.59. The van der Waals surface area contributed by atoms with Gasteiger partial charge in [-0.05, 0) is 114 Å². The molecule has 1 aromatic heterocycles. The lowest BCUT2D eigenvalue weighted by Crippen LogP contribution is -2.31. The van der Waals surface area contributed by atoms with Crippen molar-refractivity contribution < 1.29 is 0 Å². The fourth-order valence-electron chi connectivity index (χ4n) is 10.7. The number of hydrogen-bond acceptors (Lipinski definition) is 1. The molecule has 12 rings (SSSR count). The van der Waals surface area contributed by atoms with Crippen molar-refractivity contribution in [2.24, 2.45) is 0 Å². The predicted molar refractivity (Wildman–Crippen MR) is 269 cm³/mol. The van der Waals surface area contributed by atoms with Crippen LogP contribution in [0.25, 0.3) is 76.9 Å². The average molecular weight is 820 g/mol. The molecule has 0 bridgehead atoms. The molecule has 1 spiro atoms. The Morgan fingerprint density at radius 1 is 0.444 bits per heavy atom. The molecule has 296 valence electrons. The number of hydrogen-bond donors (Lipinski definition) is 0. The third kappa shape index (κ3) is 5.51. The van der Waals surface area contributed by atoms with Crippen molar-refractivity contribution in [2.45, 2.75) is 15.2 Å². The van der Waals surface area contributed by atoms with Crippen LogP contribution >= 0.6 is 11.8 Å². The summed E-state index contributed by atoms with van der Waals surface area (Å²) in [5.74, 6) is 0. The zero-order valence-electron chi connectivity index (χ0n) is 34.6. The number of nitrogens with zero attached hydrogens (tertiary/aromatic N) is 1. The maximum Gasteiger partial charge on any atom is 0.0736 e. The Morgan fingerprint density at radius 3 is 1.63 bits per heavy atom. The van der Waals surface area contributed by atoms with E-state index in [0.29, 0.717) is 0 Å². The number of fused-ring (bicyclic) bond motifs is 16. The van der Waals surface area contributed by atoms with Gasteiger partial charge in [0.05, 0.1) is 22.1 Å². The van der Waals surface area contributed by atoms with Crippen LogP contribution < -0.4 is 0 Å². The molecule has 1 aliphatic carbocycles. The summed E-state index contributed by atoms with van der Waals surface area (Å²) >= 11 is 1.88. The minimum atomic E-state index is -0.514. The molecular formula is C61H41NS. The molecule has 0 saturated heterocycles. The molecule has 2 aliphatic rings. The van der Waals surface area contributed by atoms with Crippen LogP contribution in [0, 0.1) is 0 Å². The first-order valence-corrected chi connectivity index (χ1v) is 22.4. The van der Waals surface area contributed by atoms with Gasteiger partial charge in [0.15, 0.2) is 0 Å². The zero-order valence-corrected chi connectivity index (χ0v) is 35.4. The van der Waals surface area contributed by atoms with Crippen LogP contribution in [-0.4, -0.2) is 4.57 Å². The maximum absolute atomic E-state index is 4.22. The normalized spacial score (nSPS) is 13.4. The van der Waals surface area contributed by atoms with E-state index in [1.165, 1.54) is 81.2 Å². The molecule has 63 heavy (non-hydrogen) atoms. The van der Waals surface area contributed by atoms with E-state index in [2.05, 4.69) is 224 Å². The Bertz CT molecular complexity index is 3600. The smallest absolute Gasteiger partial charge is 0.0736 e. The molecule has 0 N–H and O–H groups in total. The SMILES string of the molecule is C=C/C=C(\C=C)c1ccc2c(c1)c1ccccc1c1ccccc1c1cc(-c3ccccc3)ccc1n2-c1cccc2c1-c1ccccc1C21c2ccccc2Sc2ccccc21. The Morgan fingerprint density at radius 2 is 0.984 bits per heavy atom. The van der Waals surface area contributed by atoms with Crippen molar-refractivity contribution >= 4 is 60.7 Å². The second kappa shape index (κ2) is 14.8. The molecular weight excluding hydrogens is 779 g/mol. The van der Waals surface area contributed by atoms with Crippen molar-refractivity contribution in [3.05, 3.63) is 265 Å². The van der Waals surface area contributed by atoms with E-state index in [9.17, 15) is 0 Å². The van der Waals surface area contributed by atoms with Crippen LogP contribution in [0.2, 0.25) is 0 Å². The van der Waals surface area contributed by atoms with E-state index in [0.717, 1.165) is 33.2 Å². The van der Waals surface area contributed by atoms with Gasteiger partial charge in [-0.3, -0.25) is 0 Å². The molecule has 0 amide bonds. The van der Waals surface area contributed by atoms with Crippen molar-refractivity contribution in [1.82, 2.24) is 4.57 Å². The largest absolute Gasteiger partial charge is 0.309 e. The van der Waals surface area contributed by atoms with Crippen LogP contribution in [0.3, 0.4) is 0 Å². The van der Waals surface area contributed by atoms with E-state index in [4.69, 9.17) is 0 Å². The van der Waals surface area contributed by atoms with Gasteiger partial charge in [-0.1, -0.05) is 207 Å². The lowest BCUT2D eigenvalue weighted by atomic mass is 9.67. The van der Waals surface area contributed by atoms with Gasteiger partial charge in [-0.25, -0.2) is 0 Å². The molecule has 1 nitrogen and oxygen atoms in total. The molecule has 1 aliphatic heterocycles. The summed E-state index contributed by atoms with van der Waals surface area (Å²) in [5, 5.41) is 7.04. The zero-order chi connectivity index (χ0) is 42.1. The molecule has 0 saturated carbocycles. The van der Waals surface area contributed by atoms with Crippen molar-refractivity contribution in [2.75, 3.05) is 0 Å². The molecule has 0 radical (unpaired) electrons. The number of aromatic nitrogens is 1. The highest BCUT2D eigenvalue weighted by Gasteiger charge is 2.50. The van der Waals surface area contributed by atoms with Crippen molar-refractivity contribution in [3.63, 3.8) is 0 Å². The second-order valence-corrected chi connectivity index (χ2v) is 17.5. The standard InChI is InChI=1S/C61H41NS/c1-3-19-40(4-2)42-34-36-55-49(38-42)46-24-10-8-22-44(46)45-23-9-11-25-47(45)50-39-43(41-20-6-5-7-21-41)35-37-56(50)62(55)57-31-18-30-54-60(57)48-26-12-13-27-51(48)61(54)52-28-14-16-32-58(52)63-59-33-17-15-29-53(59)61/h3-39H,1-2H2/b40-19+. The molecule has 0 atom stereocenters. The van der Waals surface area contributed by atoms with Gasteiger partial charge in [0.1, 0.15) is 0 Å². The van der Waals surface area contributed by atoms with Crippen LogP contribution in [0.1, 0.15) is 27.8 Å². The van der Waals surface area contributed by atoms with Gasteiger partial charge in [-0.15, -0.1) is 0 Å². The minimum absolute atomic E-state index is 0.514. The van der Waals surface area contributed by atoms with Gasteiger partial charge in [-0.2, -0.15) is 0 Å². The monoisotopic (exact) mass is 819 g/mol. The number of benzene rings is 9. The van der Waals surface area contributed by atoms with Gasteiger partial charge in [0.2, 0.25) is 0 Å². The summed E-state index contributed by atoms with van der Waals surface area (Å²) < 4.78 is 2.57. The van der Waals surface area contributed by atoms with Gasteiger partial charge in [0, 0.05) is 26.1 Å². The van der Waals surface area contributed by atoms with Crippen molar-refractivity contribution in [1.29, 1.82) is 0 Å². The quantitative estimate of drug-likeness (QED) is 0.157. The highest BCUT2D eigenvalue weighted by Crippen LogP contribution is 2.63. The summed E-state index contributed by atoms with van der Waals surface area (Å²) in [6.07, 6.45) is 5.81. The lowest BCUT2D eigenvalue weighted by molar-refractivity contribution is 0.722. The Balaban J connectivity index is 1.33. The minimum Gasteiger partial charge on any atom is -0.309 e. The van der Waals surface area contributed by atoms with E-state index >= 15 is 0 Å². The first-order chi connectivity index (χ1) is 31.2. The van der Waals surface area contributed by atoms with E-state index in [1.54, 1.807) is 0 Å². The van der Waals surface area contributed by atoms with Crippen LogP contribution in [0.5, 0.6) is 0 Å². The molecule has 10 aromatic rings. The third-order valence-corrected chi connectivity index (χ3v) is 14.4. The number of allylic oxidation sites excluding steroid dienone is 4.